The highest BCUT2D eigenvalue weighted by Gasteiger charge is 2.16. The van der Waals surface area contributed by atoms with Crippen LogP contribution in [0.4, 0.5) is 0 Å². The highest BCUT2D eigenvalue weighted by molar-refractivity contribution is 6.21. The van der Waals surface area contributed by atoms with Gasteiger partial charge in [-0.05, 0) is 68.1 Å². The Morgan fingerprint density at radius 2 is 0.789 bits per heavy atom. The molecule has 0 unspecified atom stereocenters. The summed E-state index contributed by atoms with van der Waals surface area (Å²) in [6.07, 6.45) is 3.71. The lowest BCUT2D eigenvalue weighted by Crippen LogP contribution is -1.91. The number of aromatic nitrogens is 2. The molecule has 0 fully saturated rings. The van der Waals surface area contributed by atoms with Crippen LogP contribution in [0.2, 0.25) is 0 Å². The van der Waals surface area contributed by atoms with E-state index in [0.717, 1.165) is 22.5 Å². The van der Waals surface area contributed by atoms with E-state index in [0.29, 0.717) is 0 Å². The molecule has 0 spiro atoms. The van der Waals surface area contributed by atoms with Gasteiger partial charge in [0.15, 0.2) is 0 Å². The topological polar surface area (TPSA) is 25.8 Å². The van der Waals surface area contributed by atoms with Crippen molar-refractivity contribution in [3.8, 4) is 44.8 Å². The molecule has 2 nitrogen and oxygen atoms in total. The number of nitrogens with zero attached hydrogens (tertiary/aromatic N) is 2. The maximum Gasteiger partial charge on any atom is 0.0717 e. The molecule has 178 valence electrons. The molecule has 7 rings (SSSR count). The number of rotatable bonds is 4. The third-order valence-corrected chi connectivity index (χ3v) is 7.19. The van der Waals surface area contributed by atoms with E-state index in [1.807, 2.05) is 30.6 Å². The van der Waals surface area contributed by atoms with Gasteiger partial charge in [0.2, 0.25) is 0 Å². The minimum absolute atomic E-state index is 0.930. The summed E-state index contributed by atoms with van der Waals surface area (Å²) in [5, 5.41) is 5.05. The first kappa shape index (κ1) is 22.1. The maximum absolute atomic E-state index is 4.73. The minimum atomic E-state index is 0.930. The van der Waals surface area contributed by atoms with Crippen molar-refractivity contribution >= 4 is 21.5 Å². The number of benzene rings is 5. The Labute approximate surface area is 221 Å². The summed E-state index contributed by atoms with van der Waals surface area (Å²) in [5.41, 5.74) is 8.98. The molecule has 0 N–H and O–H groups in total. The first-order chi connectivity index (χ1) is 18.9. The van der Waals surface area contributed by atoms with Gasteiger partial charge in [0.1, 0.15) is 0 Å². The van der Waals surface area contributed by atoms with E-state index >= 15 is 0 Å². The van der Waals surface area contributed by atoms with E-state index in [9.17, 15) is 0 Å². The van der Waals surface area contributed by atoms with Crippen molar-refractivity contribution in [3.63, 3.8) is 0 Å². The molecular weight excluding hydrogens is 460 g/mol. The fourth-order valence-electron chi connectivity index (χ4n) is 5.41. The van der Waals surface area contributed by atoms with Gasteiger partial charge in [-0.1, -0.05) is 109 Å². The number of pyridine rings is 2. The molecule has 2 aromatic heterocycles. The first-order valence-corrected chi connectivity index (χ1v) is 12.8. The van der Waals surface area contributed by atoms with Crippen molar-refractivity contribution in [2.75, 3.05) is 0 Å². The van der Waals surface area contributed by atoms with Crippen LogP contribution in [0.25, 0.3) is 66.3 Å². The Hall–Kier alpha value is -5.08. The van der Waals surface area contributed by atoms with Gasteiger partial charge < -0.3 is 0 Å². The number of hydrogen-bond acceptors (Lipinski definition) is 2. The molecule has 0 bridgehead atoms. The van der Waals surface area contributed by atoms with Crippen LogP contribution in [0.15, 0.2) is 146 Å². The average Bonchev–Trinajstić information content (AvgIpc) is 3.01. The van der Waals surface area contributed by atoms with Gasteiger partial charge in [-0.15, -0.1) is 0 Å². The second-order valence-corrected chi connectivity index (χ2v) is 9.43. The summed E-state index contributed by atoms with van der Waals surface area (Å²) in [4.78, 5) is 9.16. The van der Waals surface area contributed by atoms with Crippen molar-refractivity contribution < 1.29 is 0 Å². The molecular formula is C36H24N2. The molecule has 0 atom stereocenters. The second-order valence-electron chi connectivity index (χ2n) is 9.43. The van der Waals surface area contributed by atoms with E-state index in [2.05, 4.69) is 120 Å². The predicted molar refractivity (Wildman–Crippen MR) is 159 cm³/mol. The van der Waals surface area contributed by atoms with Crippen molar-refractivity contribution in [3.05, 3.63) is 146 Å². The van der Waals surface area contributed by atoms with E-state index in [4.69, 9.17) is 4.98 Å². The van der Waals surface area contributed by atoms with Crippen LogP contribution in [-0.2, 0) is 0 Å². The molecule has 0 aliphatic rings. The smallest absolute Gasteiger partial charge is 0.0717 e. The summed E-state index contributed by atoms with van der Waals surface area (Å²) < 4.78 is 0. The SMILES string of the molecule is c1ccc(-c2c3ccccc3c(-c3ccc(-c4ccc(-c5ccccn5)cn4)cc3)c3ccccc23)cc1. The molecule has 2 heterocycles. The Balaban J connectivity index is 1.35. The van der Waals surface area contributed by atoms with Crippen molar-refractivity contribution in [1.82, 2.24) is 9.97 Å². The normalized spacial score (nSPS) is 11.2. The molecule has 5 aromatic carbocycles. The summed E-state index contributed by atoms with van der Waals surface area (Å²) in [7, 11) is 0. The Kier molecular flexibility index (Phi) is 5.49. The van der Waals surface area contributed by atoms with Crippen LogP contribution in [0.1, 0.15) is 0 Å². The van der Waals surface area contributed by atoms with Gasteiger partial charge in [0.05, 0.1) is 11.4 Å². The molecule has 38 heavy (non-hydrogen) atoms. The Morgan fingerprint density at radius 3 is 1.32 bits per heavy atom. The van der Waals surface area contributed by atoms with Crippen molar-refractivity contribution in [1.29, 1.82) is 0 Å². The number of fused-ring (bicyclic) bond motifs is 2. The van der Waals surface area contributed by atoms with Crippen molar-refractivity contribution in [2.24, 2.45) is 0 Å². The van der Waals surface area contributed by atoms with Gasteiger partial charge in [-0.3, -0.25) is 9.97 Å². The zero-order valence-corrected chi connectivity index (χ0v) is 20.8. The van der Waals surface area contributed by atoms with Crippen LogP contribution < -0.4 is 0 Å². The standard InChI is InChI=1S/C36H24N2/c1-2-10-26(11-3-1)35-29-12-4-6-14-31(29)36(32-15-7-5-13-30(32)35)27-19-17-25(18-20-27)34-22-21-28(24-38-34)33-16-8-9-23-37-33/h1-24H. The predicted octanol–water partition coefficient (Wildman–Crippen LogP) is 9.45. The van der Waals surface area contributed by atoms with Crippen LogP contribution >= 0.6 is 0 Å². The van der Waals surface area contributed by atoms with Crippen LogP contribution in [0, 0.1) is 0 Å². The van der Waals surface area contributed by atoms with E-state index in [1.165, 1.54) is 43.8 Å². The highest BCUT2D eigenvalue weighted by Crippen LogP contribution is 2.43. The fraction of sp³-hybridized carbons (Fsp3) is 0. The molecule has 0 saturated carbocycles. The third kappa shape index (κ3) is 3.84. The highest BCUT2D eigenvalue weighted by atomic mass is 14.7. The molecule has 0 saturated heterocycles. The van der Waals surface area contributed by atoms with Gasteiger partial charge in [0, 0.05) is 23.5 Å². The molecule has 2 heteroatoms. The Bertz CT molecular complexity index is 1820. The summed E-state index contributed by atoms with van der Waals surface area (Å²) in [5.74, 6) is 0. The second kappa shape index (κ2) is 9.42. The fourth-order valence-corrected chi connectivity index (χ4v) is 5.41. The van der Waals surface area contributed by atoms with Gasteiger partial charge in [-0.25, -0.2) is 0 Å². The van der Waals surface area contributed by atoms with E-state index in [-0.39, 0.29) is 0 Å². The van der Waals surface area contributed by atoms with Crippen LogP contribution in [0.5, 0.6) is 0 Å². The molecule has 0 radical (unpaired) electrons. The summed E-state index contributed by atoms with van der Waals surface area (Å²) >= 11 is 0. The Morgan fingerprint density at radius 1 is 0.316 bits per heavy atom. The zero-order chi connectivity index (χ0) is 25.3. The van der Waals surface area contributed by atoms with Crippen LogP contribution in [0.3, 0.4) is 0 Å². The monoisotopic (exact) mass is 484 g/mol. The van der Waals surface area contributed by atoms with E-state index < -0.39 is 0 Å². The summed E-state index contributed by atoms with van der Waals surface area (Å²) in [6.45, 7) is 0. The maximum atomic E-state index is 4.73. The lowest BCUT2D eigenvalue weighted by Gasteiger charge is -2.17. The molecule has 7 aromatic rings. The minimum Gasteiger partial charge on any atom is -0.256 e. The third-order valence-electron chi connectivity index (χ3n) is 7.19. The lowest BCUT2D eigenvalue weighted by atomic mass is 9.86. The number of hydrogen-bond donors (Lipinski definition) is 0. The van der Waals surface area contributed by atoms with Gasteiger partial charge >= 0.3 is 0 Å². The quantitative estimate of drug-likeness (QED) is 0.233. The van der Waals surface area contributed by atoms with Crippen LogP contribution in [-0.4, -0.2) is 9.97 Å². The largest absolute Gasteiger partial charge is 0.256 e. The van der Waals surface area contributed by atoms with Crippen molar-refractivity contribution in [2.45, 2.75) is 0 Å². The molecule has 0 aliphatic carbocycles. The first-order valence-electron chi connectivity index (χ1n) is 12.8. The molecule has 0 amide bonds. The van der Waals surface area contributed by atoms with E-state index in [1.54, 1.807) is 0 Å². The van der Waals surface area contributed by atoms with Gasteiger partial charge in [0.25, 0.3) is 0 Å². The summed E-state index contributed by atoms with van der Waals surface area (Å²) in [6, 6.07) is 47.1. The zero-order valence-electron chi connectivity index (χ0n) is 20.8. The average molecular weight is 485 g/mol. The molecule has 0 aliphatic heterocycles. The lowest BCUT2D eigenvalue weighted by molar-refractivity contribution is 1.28. The van der Waals surface area contributed by atoms with Gasteiger partial charge in [-0.2, -0.15) is 0 Å².